The van der Waals surface area contributed by atoms with E-state index in [2.05, 4.69) is 37.0 Å². The van der Waals surface area contributed by atoms with E-state index in [4.69, 9.17) is 9.15 Å². The molecule has 0 unspecified atom stereocenters. The summed E-state index contributed by atoms with van der Waals surface area (Å²) in [7, 11) is 0. The number of nitrogens with one attached hydrogen (secondary N) is 3. The van der Waals surface area contributed by atoms with Gasteiger partial charge in [0.2, 0.25) is 0 Å². The molecular formula is C17H15BrN4O4. The van der Waals surface area contributed by atoms with Crippen molar-refractivity contribution in [2.24, 2.45) is 0 Å². The van der Waals surface area contributed by atoms with Crippen LogP contribution in [0.3, 0.4) is 0 Å². The normalized spacial score (nSPS) is 10.4. The predicted molar refractivity (Wildman–Crippen MR) is 95.4 cm³/mol. The third-order valence-corrected chi connectivity index (χ3v) is 4.36. The first kappa shape index (κ1) is 17.7. The Morgan fingerprint density at radius 3 is 2.58 bits per heavy atom. The van der Waals surface area contributed by atoms with Gasteiger partial charge in [0.15, 0.2) is 11.5 Å². The van der Waals surface area contributed by atoms with E-state index in [0.29, 0.717) is 21.7 Å². The van der Waals surface area contributed by atoms with Gasteiger partial charge in [0.1, 0.15) is 18.1 Å². The molecule has 0 saturated carbocycles. The van der Waals surface area contributed by atoms with Crippen molar-refractivity contribution >= 4 is 27.7 Å². The Hall–Kier alpha value is -3.07. The molecule has 0 spiro atoms. The first-order valence-corrected chi connectivity index (χ1v) is 8.41. The maximum absolute atomic E-state index is 12.1. The highest BCUT2D eigenvalue weighted by Gasteiger charge is 2.18. The summed E-state index contributed by atoms with van der Waals surface area (Å²) in [6, 6.07) is 12.4. The summed E-state index contributed by atoms with van der Waals surface area (Å²) in [6.45, 7) is 1.94. The average Bonchev–Trinajstić information content (AvgIpc) is 3.26. The molecule has 0 radical (unpaired) electrons. The molecule has 8 nitrogen and oxygen atoms in total. The van der Waals surface area contributed by atoms with Crippen molar-refractivity contribution in [1.29, 1.82) is 0 Å². The van der Waals surface area contributed by atoms with E-state index in [1.54, 1.807) is 13.0 Å². The molecule has 1 aromatic carbocycles. The Labute approximate surface area is 157 Å². The van der Waals surface area contributed by atoms with E-state index in [1.807, 2.05) is 30.3 Å². The van der Waals surface area contributed by atoms with Gasteiger partial charge in [-0.05, 0) is 47.1 Å². The number of carbonyl (C=O) groups excluding carboxylic acids is 2. The molecule has 0 aliphatic heterocycles. The summed E-state index contributed by atoms with van der Waals surface area (Å²) < 4.78 is 11.5. The van der Waals surface area contributed by atoms with Crippen LogP contribution >= 0.6 is 15.9 Å². The minimum absolute atomic E-state index is 0.0502. The largest absolute Gasteiger partial charge is 0.486 e. The van der Waals surface area contributed by atoms with Gasteiger partial charge in [-0.2, -0.15) is 5.10 Å². The molecule has 9 heteroatoms. The van der Waals surface area contributed by atoms with Gasteiger partial charge in [-0.15, -0.1) is 0 Å². The van der Waals surface area contributed by atoms with E-state index in [-0.39, 0.29) is 18.1 Å². The summed E-state index contributed by atoms with van der Waals surface area (Å²) in [4.78, 5) is 24.0. The van der Waals surface area contributed by atoms with Crippen LogP contribution in [-0.4, -0.2) is 22.0 Å². The second kappa shape index (κ2) is 7.87. The van der Waals surface area contributed by atoms with Crippen molar-refractivity contribution in [3.05, 3.63) is 69.8 Å². The maximum Gasteiger partial charge on any atom is 0.305 e. The Morgan fingerprint density at radius 2 is 1.88 bits per heavy atom. The number of rotatable bonds is 5. The zero-order chi connectivity index (χ0) is 18.5. The van der Waals surface area contributed by atoms with Gasteiger partial charge in [0.05, 0.1) is 4.47 Å². The Bertz CT molecular complexity index is 920. The Balaban J connectivity index is 1.53. The topological polar surface area (TPSA) is 109 Å². The summed E-state index contributed by atoms with van der Waals surface area (Å²) in [6.07, 6.45) is 0. The van der Waals surface area contributed by atoms with Crippen molar-refractivity contribution in [2.75, 3.05) is 0 Å². The molecule has 2 heterocycles. The number of para-hydroxylation sites is 1. The quantitative estimate of drug-likeness (QED) is 0.551. The molecule has 0 aliphatic carbocycles. The second-order valence-electron chi connectivity index (χ2n) is 5.29. The number of halogens is 1. The third kappa shape index (κ3) is 4.12. The van der Waals surface area contributed by atoms with Crippen LogP contribution in [-0.2, 0) is 6.61 Å². The zero-order valence-electron chi connectivity index (χ0n) is 13.7. The summed E-state index contributed by atoms with van der Waals surface area (Å²) in [5.41, 5.74) is 5.39. The summed E-state index contributed by atoms with van der Waals surface area (Å²) in [5, 5.41) is 6.51. The van der Waals surface area contributed by atoms with Crippen LogP contribution in [0.1, 0.15) is 32.5 Å². The lowest BCUT2D eigenvalue weighted by Gasteiger charge is -2.05. The predicted octanol–water partition coefficient (Wildman–Crippen LogP) is 2.73. The molecule has 2 aromatic heterocycles. The van der Waals surface area contributed by atoms with E-state index in [0.717, 1.165) is 0 Å². The zero-order valence-corrected chi connectivity index (χ0v) is 15.3. The van der Waals surface area contributed by atoms with Crippen LogP contribution < -0.4 is 15.6 Å². The molecule has 134 valence electrons. The number of aromatic nitrogens is 2. The van der Waals surface area contributed by atoms with Gasteiger partial charge in [-0.1, -0.05) is 18.2 Å². The lowest BCUT2D eigenvalue weighted by molar-refractivity contribution is 0.0825. The minimum atomic E-state index is -0.590. The molecule has 3 aromatic rings. The van der Waals surface area contributed by atoms with E-state index in [9.17, 15) is 9.59 Å². The SMILES string of the molecule is Cc1[nH]nc(C(=O)NNC(=O)c2ccc(COc3ccccc3)o2)c1Br. The number of benzene rings is 1. The highest BCUT2D eigenvalue weighted by molar-refractivity contribution is 9.10. The molecule has 0 bridgehead atoms. The number of aromatic amines is 1. The average molecular weight is 419 g/mol. The van der Waals surface area contributed by atoms with Crippen molar-refractivity contribution < 1.29 is 18.7 Å². The number of H-pyrrole nitrogens is 1. The van der Waals surface area contributed by atoms with Crippen molar-refractivity contribution in [2.45, 2.75) is 13.5 Å². The van der Waals surface area contributed by atoms with E-state index >= 15 is 0 Å². The fourth-order valence-electron chi connectivity index (χ4n) is 2.05. The van der Waals surface area contributed by atoms with E-state index in [1.165, 1.54) is 6.07 Å². The molecule has 2 amide bonds. The number of amides is 2. The first-order chi connectivity index (χ1) is 12.5. The number of ether oxygens (including phenoxy) is 1. The maximum atomic E-state index is 12.1. The minimum Gasteiger partial charge on any atom is -0.486 e. The van der Waals surface area contributed by atoms with Gasteiger partial charge in [0, 0.05) is 5.69 Å². The van der Waals surface area contributed by atoms with Crippen LogP contribution in [0.15, 0.2) is 51.4 Å². The third-order valence-electron chi connectivity index (χ3n) is 3.39. The second-order valence-corrected chi connectivity index (χ2v) is 6.08. The number of furan rings is 1. The van der Waals surface area contributed by atoms with Gasteiger partial charge < -0.3 is 9.15 Å². The number of carbonyl (C=O) groups is 2. The molecule has 0 fully saturated rings. The van der Waals surface area contributed by atoms with Crippen LogP contribution in [0.4, 0.5) is 0 Å². The number of hydrazine groups is 1. The highest BCUT2D eigenvalue weighted by atomic mass is 79.9. The standard InChI is InChI=1S/C17H15BrN4O4/c1-10-14(18)15(20-19-10)17(24)22-21-16(23)13-8-7-12(26-13)9-25-11-5-3-2-4-6-11/h2-8H,9H2,1H3,(H,19,20)(H,21,23)(H,22,24). The van der Waals surface area contributed by atoms with Crippen molar-refractivity contribution in [3.8, 4) is 5.75 Å². The Kier molecular flexibility index (Phi) is 5.37. The van der Waals surface area contributed by atoms with Crippen molar-refractivity contribution in [3.63, 3.8) is 0 Å². The lowest BCUT2D eigenvalue weighted by Crippen LogP contribution is -2.41. The molecular weight excluding hydrogens is 404 g/mol. The van der Waals surface area contributed by atoms with Crippen LogP contribution in [0.2, 0.25) is 0 Å². The van der Waals surface area contributed by atoms with Gasteiger partial charge >= 0.3 is 5.91 Å². The van der Waals surface area contributed by atoms with Crippen molar-refractivity contribution in [1.82, 2.24) is 21.0 Å². The first-order valence-electron chi connectivity index (χ1n) is 7.62. The van der Waals surface area contributed by atoms with Crippen LogP contribution in [0.25, 0.3) is 0 Å². The number of aryl methyl sites for hydroxylation is 1. The Morgan fingerprint density at radius 1 is 1.15 bits per heavy atom. The highest BCUT2D eigenvalue weighted by Crippen LogP contribution is 2.17. The van der Waals surface area contributed by atoms with Gasteiger partial charge in [-0.3, -0.25) is 25.5 Å². The number of hydrogen-bond donors (Lipinski definition) is 3. The number of nitrogens with zero attached hydrogens (tertiary/aromatic N) is 1. The van der Waals surface area contributed by atoms with Gasteiger partial charge in [-0.25, -0.2) is 0 Å². The molecule has 3 rings (SSSR count). The fraction of sp³-hybridized carbons (Fsp3) is 0.118. The number of hydrogen-bond acceptors (Lipinski definition) is 5. The molecule has 0 saturated heterocycles. The lowest BCUT2D eigenvalue weighted by atomic mass is 10.3. The van der Waals surface area contributed by atoms with Crippen LogP contribution in [0.5, 0.6) is 5.75 Å². The smallest absolute Gasteiger partial charge is 0.305 e. The fourth-order valence-corrected chi connectivity index (χ4v) is 2.41. The van der Waals surface area contributed by atoms with Crippen LogP contribution in [0, 0.1) is 6.92 Å². The summed E-state index contributed by atoms with van der Waals surface area (Å²) in [5.74, 6) is 0.0775. The molecule has 0 atom stereocenters. The molecule has 26 heavy (non-hydrogen) atoms. The summed E-state index contributed by atoms with van der Waals surface area (Å²) >= 11 is 3.24. The molecule has 0 aliphatic rings. The monoisotopic (exact) mass is 418 g/mol. The van der Waals surface area contributed by atoms with Gasteiger partial charge in [0.25, 0.3) is 5.91 Å². The van der Waals surface area contributed by atoms with E-state index < -0.39 is 11.8 Å². The molecule has 3 N–H and O–H groups in total.